The van der Waals surface area contributed by atoms with Gasteiger partial charge in [0.15, 0.2) is 0 Å². The lowest BCUT2D eigenvalue weighted by Crippen LogP contribution is -2.33. The maximum atomic E-state index is 11.0. The van der Waals surface area contributed by atoms with Crippen molar-refractivity contribution in [3.05, 3.63) is 0 Å². The second kappa shape index (κ2) is 6.66. The Balaban J connectivity index is 3.70. The van der Waals surface area contributed by atoms with Gasteiger partial charge in [-0.05, 0) is 12.8 Å². The molecule has 0 saturated heterocycles. The van der Waals surface area contributed by atoms with Crippen LogP contribution in [-0.4, -0.2) is 11.9 Å². The molecule has 1 unspecified atom stereocenters. The molecule has 3 nitrogen and oxygen atoms in total. The van der Waals surface area contributed by atoms with Gasteiger partial charge in [0.25, 0.3) is 0 Å². The highest BCUT2D eigenvalue weighted by atomic mass is 16.1. The Kier molecular flexibility index (Phi) is 6.08. The molecule has 0 aliphatic carbocycles. The van der Waals surface area contributed by atoms with Crippen LogP contribution in [0, 0.1) is 11.3 Å². The average molecular weight is 168 g/mol. The van der Waals surface area contributed by atoms with Gasteiger partial charge in [0.1, 0.15) is 6.42 Å². The van der Waals surface area contributed by atoms with Crippen molar-refractivity contribution in [3.63, 3.8) is 0 Å². The molecule has 0 fully saturated rings. The summed E-state index contributed by atoms with van der Waals surface area (Å²) in [6.45, 7) is 4.12. The lowest BCUT2D eigenvalue weighted by atomic mass is 10.1. The molecule has 0 aliphatic heterocycles. The van der Waals surface area contributed by atoms with E-state index in [1.165, 1.54) is 0 Å². The highest BCUT2D eigenvalue weighted by Crippen LogP contribution is 2.00. The zero-order valence-electron chi connectivity index (χ0n) is 7.76. The van der Waals surface area contributed by atoms with Crippen molar-refractivity contribution >= 4 is 5.91 Å². The zero-order valence-corrected chi connectivity index (χ0v) is 7.76. The number of nitriles is 1. The first-order valence-corrected chi connectivity index (χ1v) is 4.40. The van der Waals surface area contributed by atoms with Crippen LogP contribution in [0.3, 0.4) is 0 Å². The third-order valence-electron chi connectivity index (χ3n) is 1.73. The van der Waals surface area contributed by atoms with Gasteiger partial charge in [-0.15, -0.1) is 0 Å². The smallest absolute Gasteiger partial charge is 0.234 e. The van der Waals surface area contributed by atoms with Gasteiger partial charge in [-0.2, -0.15) is 5.26 Å². The zero-order chi connectivity index (χ0) is 9.40. The molecule has 0 aromatic heterocycles. The van der Waals surface area contributed by atoms with Crippen LogP contribution in [0.4, 0.5) is 0 Å². The average Bonchev–Trinajstić information content (AvgIpc) is 2.04. The number of hydrogen-bond donors (Lipinski definition) is 1. The van der Waals surface area contributed by atoms with E-state index < -0.39 is 0 Å². The van der Waals surface area contributed by atoms with E-state index in [4.69, 9.17) is 5.26 Å². The second-order valence-corrected chi connectivity index (χ2v) is 2.80. The number of nitrogens with one attached hydrogen (secondary N) is 1. The standard InChI is InChI=1S/C9H16N2O/c1-3-5-8(4-2)11-9(12)6-7-10/h8H,3-6H2,1-2H3,(H,11,12). The lowest BCUT2D eigenvalue weighted by Gasteiger charge is -2.14. The van der Waals surface area contributed by atoms with Gasteiger partial charge in [-0.3, -0.25) is 4.79 Å². The summed E-state index contributed by atoms with van der Waals surface area (Å²) >= 11 is 0. The van der Waals surface area contributed by atoms with Crippen LogP contribution in [0.25, 0.3) is 0 Å². The van der Waals surface area contributed by atoms with E-state index >= 15 is 0 Å². The minimum absolute atomic E-state index is 0.0276. The van der Waals surface area contributed by atoms with Gasteiger partial charge in [-0.25, -0.2) is 0 Å². The Morgan fingerprint density at radius 1 is 1.58 bits per heavy atom. The fourth-order valence-corrected chi connectivity index (χ4v) is 1.08. The minimum Gasteiger partial charge on any atom is -0.352 e. The fraction of sp³-hybridized carbons (Fsp3) is 0.778. The fourth-order valence-electron chi connectivity index (χ4n) is 1.08. The van der Waals surface area contributed by atoms with E-state index in [-0.39, 0.29) is 18.4 Å². The number of hydrogen-bond acceptors (Lipinski definition) is 2. The molecule has 1 atom stereocenters. The van der Waals surface area contributed by atoms with Crippen molar-refractivity contribution in [1.29, 1.82) is 5.26 Å². The summed E-state index contributed by atoms with van der Waals surface area (Å²) in [6.07, 6.45) is 2.96. The Morgan fingerprint density at radius 3 is 2.67 bits per heavy atom. The SMILES string of the molecule is CCCC(CC)NC(=O)CC#N. The molecule has 1 amide bonds. The maximum absolute atomic E-state index is 11.0. The number of carbonyl (C=O) groups is 1. The van der Waals surface area contributed by atoms with Gasteiger partial charge < -0.3 is 5.32 Å². The van der Waals surface area contributed by atoms with Crippen molar-refractivity contribution in [2.24, 2.45) is 0 Å². The van der Waals surface area contributed by atoms with Gasteiger partial charge in [0.05, 0.1) is 6.07 Å². The Labute approximate surface area is 73.8 Å². The van der Waals surface area contributed by atoms with Gasteiger partial charge >= 0.3 is 0 Å². The maximum Gasteiger partial charge on any atom is 0.234 e. The monoisotopic (exact) mass is 168 g/mol. The van der Waals surface area contributed by atoms with Gasteiger partial charge in [0.2, 0.25) is 5.91 Å². The third-order valence-corrected chi connectivity index (χ3v) is 1.73. The summed E-state index contributed by atoms with van der Waals surface area (Å²) in [4.78, 5) is 11.0. The summed E-state index contributed by atoms with van der Waals surface area (Å²) < 4.78 is 0. The van der Waals surface area contributed by atoms with E-state index in [2.05, 4.69) is 12.2 Å². The highest BCUT2D eigenvalue weighted by molar-refractivity contribution is 5.78. The predicted octanol–water partition coefficient (Wildman–Crippen LogP) is 1.59. The number of rotatable bonds is 5. The molecule has 1 N–H and O–H groups in total. The number of nitrogens with zero attached hydrogens (tertiary/aromatic N) is 1. The van der Waals surface area contributed by atoms with Crippen LogP contribution in [-0.2, 0) is 4.79 Å². The molecule has 12 heavy (non-hydrogen) atoms. The van der Waals surface area contributed by atoms with E-state index in [9.17, 15) is 4.79 Å². The first-order valence-electron chi connectivity index (χ1n) is 4.40. The summed E-state index contributed by atoms with van der Waals surface area (Å²) in [6, 6.07) is 2.07. The lowest BCUT2D eigenvalue weighted by molar-refractivity contribution is -0.120. The van der Waals surface area contributed by atoms with Crippen molar-refractivity contribution in [2.45, 2.75) is 45.6 Å². The van der Waals surface area contributed by atoms with E-state index in [1.807, 2.05) is 13.0 Å². The third kappa shape index (κ3) is 4.73. The number of carbonyl (C=O) groups excluding carboxylic acids is 1. The van der Waals surface area contributed by atoms with Crippen molar-refractivity contribution < 1.29 is 4.79 Å². The largest absolute Gasteiger partial charge is 0.352 e. The predicted molar refractivity (Wildman–Crippen MR) is 47.4 cm³/mol. The Hall–Kier alpha value is -1.04. The van der Waals surface area contributed by atoms with Crippen LogP contribution in [0.5, 0.6) is 0 Å². The molecule has 0 rings (SSSR count). The Morgan fingerprint density at radius 2 is 2.25 bits per heavy atom. The normalized spacial score (nSPS) is 11.8. The first kappa shape index (κ1) is 11.0. The molecule has 3 heteroatoms. The van der Waals surface area contributed by atoms with Crippen molar-refractivity contribution in [1.82, 2.24) is 5.32 Å². The van der Waals surface area contributed by atoms with Gasteiger partial charge in [0, 0.05) is 6.04 Å². The van der Waals surface area contributed by atoms with Crippen LogP contribution >= 0.6 is 0 Å². The van der Waals surface area contributed by atoms with Crippen LogP contribution in [0.1, 0.15) is 39.5 Å². The number of amides is 1. The van der Waals surface area contributed by atoms with Crippen LogP contribution in [0.15, 0.2) is 0 Å². The molecular weight excluding hydrogens is 152 g/mol. The molecule has 0 bridgehead atoms. The molecule has 0 aromatic rings. The van der Waals surface area contributed by atoms with Crippen LogP contribution < -0.4 is 5.32 Å². The highest BCUT2D eigenvalue weighted by Gasteiger charge is 2.07. The molecule has 68 valence electrons. The summed E-state index contributed by atoms with van der Waals surface area (Å²) in [7, 11) is 0. The first-order chi connectivity index (χ1) is 5.74. The molecule has 0 radical (unpaired) electrons. The second-order valence-electron chi connectivity index (χ2n) is 2.80. The molecule has 0 heterocycles. The van der Waals surface area contributed by atoms with E-state index in [0.29, 0.717) is 0 Å². The summed E-state index contributed by atoms with van der Waals surface area (Å²) in [5, 5.41) is 11.0. The van der Waals surface area contributed by atoms with Crippen LogP contribution in [0.2, 0.25) is 0 Å². The van der Waals surface area contributed by atoms with Crippen molar-refractivity contribution in [2.75, 3.05) is 0 Å². The summed E-state index contributed by atoms with van der Waals surface area (Å²) in [5.41, 5.74) is 0. The Bertz CT molecular complexity index is 172. The van der Waals surface area contributed by atoms with Crippen molar-refractivity contribution in [3.8, 4) is 6.07 Å². The molecule has 0 aliphatic rings. The molecule has 0 saturated carbocycles. The molecule has 0 spiro atoms. The van der Waals surface area contributed by atoms with E-state index in [0.717, 1.165) is 19.3 Å². The molecular formula is C9H16N2O. The minimum atomic E-state index is -0.155. The summed E-state index contributed by atoms with van der Waals surface area (Å²) in [5.74, 6) is -0.155. The quantitative estimate of drug-likeness (QED) is 0.677. The van der Waals surface area contributed by atoms with Gasteiger partial charge in [-0.1, -0.05) is 20.3 Å². The molecule has 0 aromatic carbocycles. The van der Waals surface area contributed by atoms with E-state index in [1.54, 1.807) is 0 Å². The topological polar surface area (TPSA) is 52.9 Å².